The van der Waals surface area contributed by atoms with Crippen molar-refractivity contribution < 1.29 is 4.79 Å². The SMILES string of the molecule is Cc1nn(C)c(C)c1C(=O)NCC(c1cccs1)N1CCC(C)CC1. The van der Waals surface area contributed by atoms with Crippen molar-refractivity contribution in [1.82, 2.24) is 20.0 Å². The van der Waals surface area contributed by atoms with E-state index in [0.717, 1.165) is 30.4 Å². The van der Waals surface area contributed by atoms with Gasteiger partial charge in [-0.15, -0.1) is 11.3 Å². The Hall–Kier alpha value is -1.66. The quantitative estimate of drug-likeness (QED) is 0.890. The van der Waals surface area contributed by atoms with Gasteiger partial charge in [-0.25, -0.2) is 0 Å². The van der Waals surface area contributed by atoms with Gasteiger partial charge in [-0.3, -0.25) is 14.4 Å². The molecule has 1 aliphatic heterocycles. The Morgan fingerprint density at radius 2 is 2.12 bits per heavy atom. The highest BCUT2D eigenvalue weighted by atomic mass is 32.1. The minimum absolute atomic E-state index is 0.0185. The molecule has 0 bridgehead atoms. The number of carbonyl (C=O) groups excluding carboxylic acids is 1. The van der Waals surface area contributed by atoms with Gasteiger partial charge in [0.25, 0.3) is 5.91 Å². The Kier molecular flexibility index (Phi) is 5.59. The fourth-order valence-corrected chi connectivity index (χ4v) is 4.47. The zero-order chi connectivity index (χ0) is 18.0. The molecule has 6 heteroatoms. The summed E-state index contributed by atoms with van der Waals surface area (Å²) < 4.78 is 1.77. The van der Waals surface area contributed by atoms with E-state index in [1.807, 2.05) is 20.9 Å². The minimum Gasteiger partial charge on any atom is -0.350 e. The Bertz CT molecular complexity index is 714. The summed E-state index contributed by atoms with van der Waals surface area (Å²) in [5.41, 5.74) is 2.41. The number of rotatable bonds is 5. The number of nitrogens with one attached hydrogen (secondary N) is 1. The molecule has 2 aromatic heterocycles. The first-order valence-corrected chi connectivity index (χ1v) is 9.91. The zero-order valence-electron chi connectivity index (χ0n) is 15.6. The first-order chi connectivity index (χ1) is 12.0. The molecule has 5 nitrogen and oxygen atoms in total. The lowest BCUT2D eigenvalue weighted by molar-refractivity contribution is 0.0913. The number of amides is 1. The number of aromatic nitrogens is 2. The average Bonchev–Trinajstić information content (AvgIpc) is 3.18. The summed E-state index contributed by atoms with van der Waals surface area (Å²) in [5, 5.41) is 9.64. The van der Waals surface area contributed by atoms with Crippen LogP contribution >= 0.6 is 11.3 Å². The topological polar surface area (TPSA) is 50.2 Å². The number of nitrogens with zero attached hydrogens (tertiary/aromatic N) is 3. The van der Waals surface area contributed by atoms with Crippen molar-refractivity contribution in [3.63, 3.8) is 0 Å². The number of carbonyl (C=O) groups is 1. The molecule has 2 aromatic rings. The predicted molar refractivity (Wildman–Crippen MR) is 102 cm³/mol. The highest BCUT2D eigenvalue weighted by Gasteiger charge is 2.26. The molecule has 0 aliphatic carbocycles. The molecule has 3 rings (SSSR count). The molecule has 0 spiro atoms. The van der Waals surface area contributed by atoms with Crippen LogP contribution in [0.25, 0.3) is 0 Å². The second-order valence-electron chi connectivity index (χ2n) is 7.13. The van der Waals surface area contributed by atoms with Crippen LogP contribution in [0, 0.1) is 19.8 Å². The second-order valence-corrected chi connectivity index (χ2v) is 8.11. The molecule has 3 heterocycles. The summed E-state index contributed by atoms with van der Waals surface area (Å²) >= 11 is 1.77. The number of hydrogen-bond donors (Lipinski definition) is 1. The van der Waals surface area contributed by atoms with Crippen LogP contribution in [0.1, 0.15) is 52.4 Å². The van der Waals surface area contributed by atoms with Gasteiger partial charge in [0.15, 0.2) is 0 Å². The largest absolute Gasteiger partial charge is 0.350 e. The molecular formula is C19H28N4OS. The lowest BCUT2D eigenvalue weighted by Gasteiger charge is -2.36. The van der Waals surface area contributed by atoms with Gasteiger partial charge in [-0.05, 0) is 57.1 Å². The number of piperidine rings is 1. The Balaban J connectivity index is 1.71. The Morgan fingerprint density at radius 3 is 2.68 bits per heavy atom. The lowest BCUT2D eigenvalue weighted by Crippen LogP contribution is -2.41. The molecule has 0 radical (unpaired) electrons. The minimum atomic E-state index is -0.0185. The Morgan fingerprint density at radius 1 is 1.40 bits per heavy atom. The van der Waals surface area contributed by atoms with Gasteiger partial charge in [0.05, 0.1) is 17.3 Å². The summed E-state index contributed by atoms with van der Waals surface area (Å²) in [5.74, 6) is 0.783. The number of aryl methyl sites for hydroxylation is 2. The number of hydrogen-bond acceptors (Lipinski definition) is 4. The average molecular weight is 361 g/mol. The van der Waals surface area contributed by atoms with Crippen molar-refractivity contribution in [1.29, 1.82) is 0 Å². The van der Waals surface area contributed by atoms with Crippen LogP contribution in [0.4, 0.5) is 0 Å². The van der Waals surface area contributed by atoms with Gasteiger partial charge in [0.2, 0.25) is 0 Å². The molecule has 25 heavy (non-hydrogen) atoms. The third kappa shape index (κ3) is 3.96. The summed E-state index contributed by atoms with van der Waals surface area (Å²) in [6.07, 6.45) is 2.47. The van der Waals surface area contributed by atoms with E-state index in [-0.39, 0.29) is 11.9 Å². The molecule has 1 unspecified atom stereocenters. The van der Waals surface area contributed by atoms with E-state index in [0.29, 0.717) is 12.1 Å². The third-order valence-electron chi connectivity index (χ3n) is 5.32. The summed E-state index contributed by atoms with van der Waals surface area (Å²) in [6.45, 7) is 9.01. The van der Waals surface area contributed by atoms with Crippen molar-refractivity contribution in [3.8, 4) is 0 Å². The highest BCUT2D eigenvalue weighted by molar-refractivity contribution is 7.10. The maximum atomic E-state index is 12.7. The predicted octanol–water partition coefficient (Wildman–Crippen LogP) is 3.30. The van der Waals surface area contributed by atoms with Crippen LogP contribution in [0.5, 0.6) is 0 Å². The van der Waals surface area contributed by atoms with Gasteiger partial charge >= 0.3 is 0 Å². The molecule has 136 valence electrons. The van der Waals surface area contributed by atoms with E-state index < -0.39 is 0 Å². The van der Waals surface area contributed by atoms with Crippen molar-refractivity contribution in [2.75, 3.05) is 19.6 Å². The van der Waals surface area contributed by atoms with E-state index in [9.17, 15) is 4.79 Å². The summed E-state index contributed by atoms with van der Waals surface area (Å²) in [4.78, 5) is 16.6. The first-order valence-electron chi connectivity index (χ1n) is 9.03. The molecule has 1 aliphatic rings. The second kappa shape index (κ2) is 7.70. The van der Waals surface area contributed by atoms with Crippen molar-refractivity contribution >= 4 is 17.2 Å². The van der Waals surface area contributed by atoms with Crippen molar-refractivity contribution in [3.05, 3.63) is 39.3 Å². The van der Waals surface area contributed by atoms with Crippen LogP contribution in [0.2, 0.25) is 0 Å². The molecular weight excluding hydrogens is 332 g/mol. The zero-order valence-corrected chi connectivity index (χ0v) is 16.4. The molecule has 0 saturated carbocycles. The van der Waals surface area contributed by atoms with Crippen LogP contribution < -0.4 is 5.32 Å². The lowest BCUT2D eigenvalue weighted by atomic mass is 9.97. The number of thiophene rings is 1. The third-order valence-corrected chi connectivity index (χ3v) is 6.30. The van der Waals surface area contributed by atoms with E-state index in [1.165, 1.54) is 17.7 Å². The van der Waals surface area contributed by atoms with Gasteiger partial charge in [-0.1, -0.05) is 13.0 Å². The molecule has 1 fully saturated rings. The fraction of sp³-hybridized carbons (Fsp3) is 0.579. The van der Waals surface area contributed by atoms with Crippen LogP contribution in [-0.2, 0) is 7.05 Å². The van der Waals surface area contributed by atoms with Gasteiger partial charge in [0, 0.05) is 24.2 Å². The Labute approximate surface area is 154 Å². The van der Waals surface area contributed by atoms with Crippen molar-refractivity contribution in [2.24, 2.45) is 13.0 Å². The smallest absolute Gasteiger partial charge is 0.255 e. The first kappa shape index (κ1) is 18.1. The molecule has 0 aromatic carbocycles. The number of likely N-dealkylation sites (tertiary alicyclic amines) is 1. The molecule has 1 N–H and O–H groups in total. The maximum Gasteiger partial charge on any atom is 0.255 e. The van der Waals surface area contributed by atoms with Crippen LogP contribution in [0.3, 0.4) is 0 Å². The fourth-order valence-electron chi connectivity index (χ4n) is 3.61. The molecule has 1 amide bonds. The van der Waals surface area contributed by atoms with Crippen LogP contribution in [0.15, 0.2) is 17.5 Å². The highest BCUT2D eigenvalue weighted by Crippen LogP contribution is 2.29. The van der Waals surface area contributed by atoms with E-state index in [2.05, 4.69) is 39.8 Å². The van der Waals surface area contributed by atoms with Gasteiger partial charge in [-0.2, -0.15) is 5.10 Å². The van der Waals surface area contributed by atoms with Gasteiger partial charge in [0.1, 0.15) is 0 Å². The standard InChI is InChI=1S/C19H28N4OS/c1-13-7-9-23(10-8-13)16(17-6-5-11-25-17)12-20-19(24)18-14(2)21-22(4)15(18)3/h5-6,11,13,16H,7-10,12H2,1-4H3,(H,20,24). The van der Waals surface area contributed by atoms with E-state index >= 15 is 0 Å². The van der Waals surface area contributed by atoms with Crippen molar-refractivity contribution in [2.45, 2.75) is 39.7 Å². The van der Waals surface area contributed by atoms with Gasteiger partial charge < -0.3 is 5.32 Å². The van der Waals surface area contributed by atoms with E-state index in [4.69, 9.17) is 0 Å². The van der Waals surface area contributed by atoms with Crippen LogP contribution in [-0.4, -0.2) is 40.2 Å². The normalized spacial score (nSPS) is 17.6. The summed E-state index contributed by atoms with van der Waals surface area (Å²) in [6, 6.07) is 4.53. The van der Waals surface area contributed by atoms with E-state index in [1.54, 1.807) is 16.0 Å². The maximum absolute atomic E-state index is 12.7. The monoisotopic (exact) mass is 360 g/mol. The summed E-state index contributed by atoms with van der Waals surface area (Å²) in [7, 11) is 1.88. The molecule has 1 atom stereocenters. The molecule has 1 saturated heterocycles.